The van der Waals surface area contributed by atoms with Crippen LogP contribution in [0.4, 0.5) is 0 Å². The molecule has 0 saturated heterocycles. The Morgan fingerprint density at radius 1 is 1.19 bits per heavy atom. The van der Waals surface area contributed by atoms with E-state index < -0.39 is 0 Å². The minimum Gasteiger partial charge on any atom is -0.488 e. The Hall–Kier alpha value is -0.940. The van der Waals surface area contributed by atoms with Crippen LogP contribution in [0.3, 0.4) is 0 Å². The normalized spacial score (nSPS) is 10.5. The molecule has 0 aliphatic rings. The van der Waals surface area contributed by atoms with Crippen molar-refractivity contribution >= 4 is 15.9 Å². The van der Waals surface area contributed by atoms with Gasteiger partial charge in [0.2, 0.25) is 0 Å². The Balaban J connectivity index is 2.66. The lowest BCUT2D eigenvalue weighted by molar-refractivity contribution is 0.131. The van der Waals surface area contributed by atoms with Crippen LogP contribution >= 0.6 is 15.9 Å². The molecule has 0 bridgehead atoms. The zero-order valence-corrected chi connectivity index (χ0v) is 11.6. The maximum atomic E-state index is 5.73. The van der Waals surface area contributed by atoms with Crippen LogP contribution in [-0.2, 0) is 0 Å². The van der Waals surface area contributed by atoms with Gasteiger partial charge in [0.15, 0.2) is 0 Å². The van der Waals surface area contributed by atoms with E-state index in [2.05, 4.69) is 27.8 Å². The summed E-state index contributed by atoms with van der Waals surface area (Å²) in [6.45, 7) is 6.12. The average Bonchev–Trinajstić information content (AvgIpc) is 2.19. The first-order chi connectivity index (χ1) is 7.51. The van der Waals surface area contributed by atoms with Gasteiger partial charge in [-0.2, -0.15) is 0 Å². The molecule has 1 aromatic carbocycles. The van der Waals surface area contributed by atoms with E-state index in [1.54, 1.807) is 0 Å². The molecule has 1 rings (SSSR count). The minimum atomic E-state index is -0.150. The van der Waals surface area contributed by atoms with E-state index in [4.69, 9.17) is 4.74 Å². The van der Waals surface area contributed by atoms with Gasteiger partial charge in [0.25, 0.3) is 0 Å². The van der Waals surface area contributed by atoms with Crippen LogP contribution in [0.1, 0.15) is 32.8 Å². The van der Waals surface area contributed by atoms with E-state index in [-0.39, 0.29) is 5.60 Å². The number of halogens is 1. The molecule has 0 aliphatic carbocycles. The molecular formula is C14H17BrO. The van der Waals surface area contributed by atoms with E-state index in [1.807, 2.05) is 45.0 Å². The Bertz CT molecular complexity index is 376. The molecule has 0 saturated carbocycles. The number of ether oxygens (including phenoxy) is 1. The highest BCUT2D eigenvalue weighted by Crippen LogP contribution is 2.18. The van der Waals surface area contributed by atoms with Crippen LogP contribution in [0.2, 0.25) is 0 Å². The summed E-state index contributed by atoms with van der Waals surface area (Å²) in [5, 5.41) is 0.922. The molecule has 86 valence electrons. The predicted octanol–water partition coefficient (Wildman–Crippen LogP) is 4.00. The molecule has 0 fully saturated rings. The summed E-state index contributed by atoms with van der Waals surface area (Å²) in [4.78, 5) is 0. The third-order valence-electron chi connectivity index (χ3n) is 1.73. The summed E-state index contributed by atoms with van der Waals surface area (Å²) < 4.78 is 5.73. The number of hydrogen-bond acceptors (Lipinski definition) is 1. The van der Waals surface area contributed by atoms with E-state index >= 15 is 0 Å². The third-order valence-corrected chi connectivity index (χ3v) is 2.13. The van der Waals surface area contributed by atoms with Crippen LogP contribution in [0.15, 0.2) is 24.3 Å². The molecule has 1 nitrogen and oxygen atoms in total. The zero-order valence-electron chi connectivity index (χ0n) is 10.0. The van der Waals surface area contributed by atoms with E-state index in [1.165, 1.54) is 0 Å². The smallest absolute Gasteiger partial charge is 0.120 e. The second kappa shape index (κ2) is 5.96. The van der Waals surface area contributed by atoms with Crippen molar-refractivity contribution in [3.8, 4) is 17.6 Å². The summed E-state index contributed by atoms with van der Waals surface area (Å²) >= 11 is 3.35. The molecule has 2 heteroatoms. The van der Waals surface area contributed by atoms with Crippen LogP contribution in [0.5, 0.6) is 5.75 Å². The molecule has 0 spiro atoms. The van der Waals surface area contributed by atoms with Crippen molar-refractivity contribution in [3.63, 3.8) is 0 Å². The number of rotatable bonds is 2. The van der Waals surface area contributed by atoms with Crippen molar-refractivity contribution in [2.75, 3.05) is 5.33 Å². The van der Waals surface area contributed by atoms with Crippen molar-refractivity contribution in [3.05, 3.63) is 29.8 Å². The Morgan fingerprint density at radius 3 is 2.31 bits per heavy atom. The highest BCUT2D eigenvalue weighted by atomic mass is 79.9. The molecule has 0 unspecified atom stereocenters. The second-order valence-corrected chi connectivity index (χ2v) is 5.27. The third kappa shape index (κ3) is 5.23. The largest absolute Gasteiger partial charge is 0.488 e. The van der Waals surface area contributed by atoms with Crippen molar-refractivity contribution in [1.29, 1.82) is 0 Å². The topological polar surface area (TPSA) is 9.23 Å². The van der Waals surface area contributed by atoms with Gasteiger partial charge in [-0.25, -0.2) is 0 Å². The van der Waals surface area contributed by atoms with Crippen LogP contribution in [0, 0.1) is 11.8 Å². The van der Waals surface area contributed by atoms with Crippen LogP contribution < -0.4 is 4.74 Å². The van der Waals surface area contributed by atoms with E-state index in [0.29, 0.717) is 0 Å². The fraction of sp³-hybridized carbons (Fsp3) is 0.429. The monoisotopic (exact) mass is 280 g/mol. The second-order valence-electron chi connectivity index (χ2n) is 4.48. The van der Waals surface area contributed by atoms with Crippen LogP contribution in [-0.4, -0.2) is 10.9 Å². The van der Waals surface area contributed by atoms with Crippen molar-refractivity contribution in [1.82, 2.24) is 0 Å². The molecule has 0 aliphatic heterocycles. The van der Waals surface area contributed by atoms with E-state index in [9.17, 15) is 0 Å². The first-order valence-corrected chi connectivity index (χ1v) is 6.47. The van der Waals surface area contributed by atoms with Crippen molar-refractivity contribution in [2.45, 2.75) is 32.8 Å². The van der Waals surface area contributed by atoms with Crippen molar-refractivity contribution < 1.29 is 4.74 Å². The fourth-order valence-corrected chi connectivity index (χ4v) is 1.37. The first-order valence-electron chi connectivity index (χ1n) is 5.35. The van der Waals surface area contributed by atoms with Gasteiger partial charge < -0.3 is 4.74 Å². The Labute approximate surface area is 106 Å². The summed E-state index contributed by atoms with van der Waals surface area (Å²) in [5.74, 6) is 7.07. The van der Waals surface area contributed by atoms with Crippen LogP contribution in [0.25, 0.3) is 0 Å². The van der Waals surface area contributed by atoms with Gasteiger partial charge in [-0.3, -0.25) is 0 Å². The summed E-state index contributed by atoms with van der Waals surface area (Å²) in [6.07, 6.45) is 0.875. The molecule has 0 atom stereocenters. The molecule has 0 radical (unpaired) electrons. The maximum Gasteiger partial charge on any atom is 0.120 e. The summed E-state index contributed by atoms with van der Waals surface area (Å²) in [6, 6.07) is 7.90. The zero-order chi connectivity index (χ0) is 12.0. The standard InChI is InChI=1S/C14H17BrO/c1-14(2,3)16-13-9-7-12(8-10-13)6-4-5-11-15/h7-10H,5,11H2,1-3H3. The average molecular weight is 281 g/mol. The van der Waals surface area contributed by atoms with Crippen molar-refractivity contribution in [2.24, 2.45) is 0 Å². The Morgan fingerprint density at radius 2 is 1.81 bits per heavy atom. The Kier molecular flexibility index (Phi) is 4.89. The number of hydrogen-bond donors (Lipinski definition) is 0. The highest BCUT2D eigenvalue weighted by Gasteiger charge is 2.10. The molecule has 0 N–H and O–H groups in total. The number of alkyl halides is 1. The molecular weight excluding hydrogens is 264 g/mol. The first kappa shape index (κ1) is 13.1. The SMILES string of the molecule is CC(C)(C)Oc1ccc(C#CCCBr)cc1. The number of benzene rings is 1. The van der Waals surface area contributed by atoms with Gasteiger partial charge in [0, 0.05) is 17.3 Å². The fourth-order valence-electron chi connectivity index (χ4n) is 1.17. The molecule has 0 heterocycles. The molecule has 1 aromatic rings. The molecule has 0 aromatic heterocycles. The van der Waals surface area contributed by atoms with Gasteiger partial charge >= 0.3 is 0 Å². The van der Waals surface area contributed by atoms with Gasteiger partial charge in [0.1, 0.15) is 11.4 Å². The quantitative estimate of drug-likeness (QED) is 0.588. The lowest BCUT2D eigenvalue weighted by Gasteiger charge is -2.21. The highest BCUT2D eigenvalue weighted by molar-refractivity contribution is 9.09. The molecule has 16 heavy (non-hydrogen) atoms. The summed E-state index contributed by atoms with van der Waals surface area (Å²) in [5.41, 5.74) is 0.880. The van der Waals surface area contributed by atoms with E-state index in [0.717, 1.165) is 23.1 Å². The lowest BCUT2D eigenvalue weighted by Crippen LogP contribution is -2.22. The minimum absolute atomic E-state index is 0.150. The van der Waals surface area contributed by atoms with Gasteiger partial charge in [-0.05, 0) is 45.0 Å². The maximum absolute atomic E-state index is 5.73. The predicted molar refractivity (Wildman–Crippen MR) is 72.1 cm³/mol. The summed E-state index contributed by atoms with van der Waals surface area (Å²) in [7, 11) is 0. The van der Waals surface area contributed by atoms with Gasteiger partial charge in [-0.15, -0.1) is 0 Å². The van der Waals surface area contributed by atoms with Gasteiger partial charge in [-0.1, -0.05) is 27.8 Å². The lowest BCUT2D eigenvalue weighted by atomic mass is 10.1. The molecule has 0 amide bonds. The van der Waals surface area contributed by atoms with Gasteiger partial charge in [0.05, 0.1) is 0 Å².